The van der Waals surface area contributed by atoms with Gasteiger partial charge in [0.25, 0.3) is 11.8 Å². The van der Waals surface area contributed by atoms with Gasteiger partial charge in [0.05, 0.1) is 4.88 Å². The number of carbonyl (C=O) groups excluding carboxylic acids is 2. The van der Waals surface area contributed by atoms with Crippen molar-refractivity contribution in [3.8, 4) is 0 Å². The lowest BCUT2D eigenvalue weighted by atomic mass is 10.0. The fourth-order valence-electron chi connectivity index (χ4n) is 4.23. The van der Waals surface area contributed by atoms with E-state index in [0.717, 1.165) is 41.4 Å². The number of aromatic nitrogens is 2. The number of carbonyl (C=O) groups is 3. The van der Waals surface area contributed by atoms with Crippen LogP contribution in [0.15, 0.2) is 26.8 Å². The molecule has 1 saturated carbocycles. The molecule has 0 bridgehead atoms. The molecule has 2 amide bonds. The van der Waals surface area contributed by atoms with Crippen LogP contribution in [0, 0.1) is 0 Å². The summed E-state index contributed by atoms with van der Waals surface area (Å²) in [6.45, 7) is 0. The number of anilines is 1. The SMILES string of the molecule is CSc1ncc(C2=C(C(=O)O)N3C(=O)[C@@H](NC(=O)/C(=N/OC4CCCC4)c4csc(N)n4)[C@H]3SC2)s1. The number of hydrogen-bond acceptors (Lipinski definition) is 12. The van der Waals surface area contributed by atoms with Gasteiger partial charge in [-0.1, -0.05) is 16.9 Å². The van der Waals surface area contributed by atoms with E-state index < -0.39 is 29.2 Å². The van der Waals surface area contributed by atoms with E-state index in [4.69, 9.17) is 10.6 Å². The molecule has 0 unspecified atom stereocenters. The molecule has 15 heteroatoms. The third-order valence-electron chi connectivity index (χ3n) is 5.99. The summed E-state index contributed by atoms with van der Waals surface area (Å²) in [6.07, 6.45) is 7.25. The van der Waals surface area contributed by atoms with Gasteiger partial charge in [-0.3, -0.25) is 14.5 Å². The normalized spacial score (nSPS) is 22.4. The van der Waals surface area contributed by atoms with Gasteiger partial charge in [-0.25, -0.2) is 14.8 Å². The number of nitrogens with one attached hydrogen (secondary N) is 1. The summed E-state index contributed by atoms with van der Waals surface area (Å²) < 4.78 is 0.809. The molecule has 4 N–H and O–H groups in total. The molecule has 1 saturated heterocycles. The van der Waals surface area contributed by atoms with Crippen molar-refractivity contribution >= 4 is 80.4 Å². The Bertz CT molecular complexity index is 1270. The first-order valence-electron chi connectivity index (χ1n) is 11.0. The summed E-state index contributed by atoms with van der Waals surface area (Å²) in [5, 5.41) is 18.0. The number of aliphatic carboxylic acids is 1. The van der Waals surface area contributed by atoms with Crippen molar-refractivity contribution in [2.45, 2.75) is 47.5 Å². The lowest BCUT2D eigenvalue weighted by Crippen LogP contribution is -2.71. The maximum absolute atomic E-state index is 13.2. The van der Waals surface area contributed by atoms with Gasteiger partial charge in [0.15, 0.2) is 10.8 Å². The third kappa shape index (κ3) is 4.71. The second-order valence-electron chi connectivity index (χ2n) is 8.21. The van der Waals surface area contributed by atoms with Crippen molar-refractivity contribution in [2.75, 3.05) is 17.7 Å². The predicted octanol–water partition coefficient (Wildman–Crippen LogP) is 2.46. The molecule has 1 aliphatic carbocycles. The molecule has 190 valence electrons. The van der Waals surface area contributed by atoms with Crippen LogP contribution >= 0.6 is 46.2 Å². The predicted molar refractivity (Wildman–Crippen MR) is 140 cm³/mol. The molecule has 36 heavy (non-hydrogen) atoms. The Hall–Kier alpha value is -2.62. The number of carboxylic acids is 1. The number of amides is 2. The van der Waals surface area contributed by atoms with Crippen LogP contribution in [-0.2, 0) is 19.2 Å². The first kappa shape index (κ1) is 25.0. The van der Waals surface area contributed by atoms with E-state index in [1.165, 1.54) is 39.8 Å². The van der Waals surface area contributed by atoms with E-state index in [-0.39, 0.29) is 28.3 Å². The Labute approximate surface area is 222 Å². The van der Waals surface area contributed by atoms with Crippen LogP contribution in [0.2, 0.25) is 0 Å². The van der Waals surface area contributed by atoms with Gasteiger partial charge in [-0.05, 0) is 31.9 Å². The number of β-lactam (4-membered cyclic amide) rings is 1. The van der Waals surface area contributed by atoms with Crippen molar-refractivity contribution in [1.82, 2.24) is 20.2 Å². The Morgan fingerprint density at radius 3 is 2.78 bits per heavy atom. The molecule has 2 atom stereocenters. The molecular weight excluding hydrogens is 545 g/mol. The van der Waals surface area contributed by atoms with Crippen LogP contribution in [0.25, 0.3) is 5.57 Å². The highest BCUT2D eigenvalue weighted by Crippen LogP contribution is 2.44. The van der Waals surface area contributed by atoms with E-state index in [1.807, 2.05) is 6.26 Å². The smallest absolute Gasteiger partial charge is 0.353 e. The first-order chi connectivity index (χ1) is 17.4. The van der Waals surface area contributed by atoms with Crippen molar-refractivity contribution < 1.29 is 24.3 Å². The van der Waals surface area contributed by atoms with Crippen molar-refractivity contribution in [3.05, 3.63) is 27.8 Å². The van der Waals surface area contributed by atoms with Crippen LogP contribution in [0.3, 0.4) is 0 Å². The second-order valence-corrected chi connectivity index (χ2v) is 12.3. The zero-order chi connectivity index (χ0) is 25.4. The standard InChI is InChI=1S/C21H22N6O5S4/c1-33-21-23-6-12(36-21)10-7-34-18-14(17(29)27(18)15(10)19(30)31)25-16(28)13(11-8-35-20(22)24-11)26-32-9-4-2-3-5-9/h6,8-9,14,18H,2-5,7H2,1H3,(H2,22,24)(H,25,28)(H,30,31)/b26-13+/t14-,18-/m1/s1. The molecule has 11 nitrogen and oxygen atoms in total. The van der Waals surface area contributed by atoms with E-state index in [9.17, 15) is 19.5 Å². The molecular formula is C21H22N6O5S4. The maximum atomic E-state index is 13.2. The Balaban J connectivity index is 1.36. The van der Waals surface area contributed by atoms with Gasteiger partial charge in [-0.2, -0.15) is 0 Å². The van der Waals surface area contributed by atoms with E-state index in [2.05, 4.69) is 20.4 Å². The average molecular weight is 567 g/mol. The molecule has 2 aromatic rings. The molecule has 0 radical (unpaired) electrons. The molecule has 4 heterocycles. The minimum absolute atomic E-state index is 0.0640. The maximum Gasteiger partial charge on any atom is 0.353 e. The molecule has 3 aliphatic rings. The minimum Gasteiger partial charge on any atom is -0.477 e. The van der Waals surface area contributed by atoms with Crippen LogP contribution < -0.4 is 11.1 Å². The summed E-state index contributed by atoms with van der Waals surface area (Å²) in [5.41, 5.74) is 6.42. The number of rotatable bonds is 8. The van der Waals surface area contributed by atoms with Gasteiger partial charge < -0.3 is 21.0 Å². The Morgan fingerprint density at radius 2 is 2.14 bits per heavy atom. The molecule has 0 aromatic carbocycles. The Kier molecular flexibility index (Phi) is 7.23. The van der Waals surface area contributed by atoms with Crippen LogP contribution in [0.1, 0.15) is 36.3 Å². The van der Waals surface area contributed by atoms with E-state index >= 15 is 0 Å². The average Bonchev–Trinajstić information content (AvgIpc) is 3.64. The third-order valence-corrected chi connectivity index (χ3v) is 10.00. The number of nitrogens with two attached hydrogens (primary N) is 1. The number of hydrogen-bond donors (Lipinski definition) is 3. The van der Waals surface area contributed by atoms with Crippen molar-refractivity contribution in [1.29, 1.82) is 0 Å². The van der Waals surface area contributed by atoms with E-state index in [1.54, 1.807) is 11.6 Å². The lowest BCUT2D eigenvalue weighted by molar-refractivity contribution is -0.149. The summed E-state index contributed by atoms with van der Waals surface area (Å²) in [7, 11) is 0. The van der Waals surface area contributed by atoms with Gasteiger partial charge in [0.2, 0.25) is 0 Å². The quantitative estimate of drug-likeness (QED) is 0.187. The fraction of sp³-hybridized carbons (Fsp3) is 0.429. The highest BCUT2D eigenvalue weighted by Gasteiger charge is 2.54. The molecule has 5 rings (SSSR count). The molecule has 0 spiro atoms. The monoisotopic (exact) mass is 566 g/mol. The minimum atomic E-state index is -1.20. The number of nitrogens with zero attached hydrogens (tertiary/aromatic N) is 4. The second kappa shape index (κ2) is 10.4. The van der Waals surface area contributed by atoms with Crippen molar-refractivity contribution in [2.24, 2.45) is 5.16 Å². The topological polar surface area (TPSA) is 160 Å². The summed E-state index contributed by atoms with van der Waals surface area (Å²) in [5.74, 6) is -1.96. The van der Waals surface area contributed by atoms with Gasteiger partial charge >= 0.3 is 5.97 Å². The molecule has 2 aliphatic heterocycles. The summed E-state index contributed by atoms with van der Waals surface area (Å²) in [6, 6.07) is -0.908. The fourth-order valence-corrected chi connectivity index (χ4v) is 7.69. The zero-order valence-electron chi connectivity index (χ0n) is 19.0. The lowest BCUT2D eigenvalue weighted by Gasteiger charge is -2.49. The Morgan fingerprint density at radius 1 is 1.36 bits per heavy atom. The number of carboxylic acid groups (broad SMARTS) is 1. The highest BCUT2D eigenvalue weighted by atomic mass is 32.2. The molecule has 2 fully saturated rings. The van der Waals surface area contributed by atoms with Crippen molar-refractivity contribution in [3.63, 3.8) is 0 Å². The van der Waals surface area contributed by atoms with Crippen LogP contribution in [0.5, 0.6) is 0 Å². The molecule has 2 aromatic heterocycles. The van der Waals surface area contributed by atoms with Crippen LogP contribution in [0.4, 0.5) is 5.13 Å². The van der Waals surface area contributed by atoms with Crippen LogP contribution in [-0.4, -0.2) is 73.0 Å². The number of fused-ring (bicyclic) bond motifs is 1. The number of thioether (sulfide) groups is 2. The summed E-state index contributed by atoms with van der Waals surface area (Å²) in [4.78, 5) is 54.4. The first-order valence-corrected chi connectivity index (χ1v) is 15.0. The van der Waals surface area contributed by atoms with E-state index in [0.29, 0.717) is 16.2 Å². The summed E-state index contributed by atoms with van der Waals surface area (Å²) >= 11 is 5.41. The number of nitrogen functional groups attached to an aromatic ring is 1. The van der Waals surface area contributed by atoms with Gasteiger partial charge in [-0.15, -0.1) is 34.4 Å². The zero-order valence-corrected chi connectivity index (χ0v) is 22.3. The highest BCUT2D eigenvalue weighted by molar-refractivity contribution is 8.00. The largest absolute Gasteiger partial charge is 0.477 e. The van der Waals surface area contributed by atoms with Gasteiger partial charge in [0.1, 0.15) is 33.3 Å². The number of oxime groups is 1. The van der Waals surface area contributed by atoms with Gasteiger partial charge in [0, 0.05) is 22.9 Å². The number of thiazole rings is 2.